The van der Waals surface area contributed by atoms with Gasteiger partial charge in [0.15, 0.2) is 17.3 Å². The molecule has 0 radical (unpaired) electrons. The van der Waals surface area contributed by atoms with Crippen molar-refractivity contribution in [1.82, 2.24) is 14.7 Å². The minimum atomic E-state index is -0.732. The molecule has 1 atom stereocenters. The van der Waals surface area contributed by atoms with Crippen LogP contribution in [-0.4, -0.2) is 40.2 Å². The van der Waals surface area contributed by atoms with E-state index < -0.39 is 11.6 Å². The number of nitrogens with two attached hydrogens (primary N) is 1. The molecule has 8 heteroatoms. The first kappa shape index (κ1) is 18.4. The Balaban J connectivity index is 0.00000208. The number of nitrogens with zero attached hydrogens (tertiary/aromatic N) is 3. The molecule has 1 fully saturated rings. The first-order chi connectivity index (χ1) is 10.9. The molecule has 5 nitrogen and oxygen atoms in total. The van der Waals surface area contributed by atoms with Crippen LogP contribution in [0.1, 0.15) is 23.8 Å². The lowest BCUT2D eigenvalue weighted by Gasteiger charge is -2.22. The summed E-state index contributed by atoms with van der Waals surface area (Å²) in [4.78, 5) is 14.2. The normalized spacial score (nSPS) is 20.1. The highest BCUT2D eigenvalue weighted by Crippen LogP contribution is 2.29. The van der Waals surface area contributed by atoms with Gasteiger partial charge in [0, 0.05) is 19.3 Å². The van der Waals surface area contributed by atoms with Crippen LogP contribution in [0, 0.1) is 17.0 Å². The van der Waals surface area contributed by atoms with Gasteiger partial charge < -0.3 is 10.6 Å². The van der Waals surface area contributed by atoms with Crippen molar-refractivity contribution >= 4 is 18.3 Å². The van der Waals surface area contributed by atoms with Gasteiger partial charge in [-0.15, -0.1) is 12.4 Å². The maximum atomic E-state index is 13.8. The Hall–Kier alpha value is -1.99. The first-order valence-corrected chi connectivity index (χ1v) is 7.43. The number of likely N-dealkylation sites (tertiary alicyclic amines) is 1. The van der Waals surface area contributed by atoms with E-state index >= 15 is 0 Å². The summed E-state index contributed by atoms with van der Waals surface area (Å²) in [5.41, 5.74) is 5.52. The van der Waals surface area contributed by atoms with Gasteiger partial charge in [0.25, 0.3) is 5.91 Å². The number of carbonyl (C=O) groups is 1. The van der Waals surface area contributed by atoms with Crippen molar-refractivity contribution in [3.8, 4) is 5.69 Å². The van der Waals surface area contributed by atoms with Crippen LogP contribution < -0.4 is 5.73 Å². The lowest BCUT2D eigenvalue weighted by molar-refractivity contribution is 0.0770. The molecule has 0 spiro atoms. The number of amides is 1. The van der Waals surface area contributed by atoms with Crippen molar-refractivity contribution < 1.29 is 13.6 Å². The van der Waals surface area contributed by atoms with Gasteiger partial charge >= 0.3 is 0 Å². The van der Waals surface area contributed by atoms with E-state index in [1.807, 2.05) is 6.92 Å². The molecule has 1 aliphatic rings. The monoisotopic (exact) mass is 356 g/mol. The van der Waals surface area contributed by atoms with Crippen molar-refractivity contribution in [2.75, 3.05) is 19.6 Å². The van der Waals surface area contributed by atoms with Gasteiger partial charge in [0.1, 0.15) is 5.69 Å². The van der Waals surface area contributed by atoms with Gasteiger partial charge in [-0.3, -0.25) is 4.79 Å². The average Bonchev–Trinajstić information content (AvgIpc) is 3.14. The third kappa shape index (κ3) is 3.27. The van der Waals surface area contributed by atoms with Crippen LogP contribution in [0.5, 0.6) is 0 Å². The van der Waals surface area contributed by atoms with Gasteiger partial charge in [0.2, 0.25) is 0 Å². The van der Waals surface area contributed by atoms with Crippen LogP contribution in [0.3, 0.4) is 0 Å². The molecule has 1 unspecified atom stereocenters. The summed E-state index contributed by atoms with van der Waals surface area (Å²) >= 11 is 0. The maximum Gasteiger partial charge on any atom is 0.274 e. The van der Waals surface area contributed by atoms with Crippen molar-refractivity contribution in [1.29, 1.82) is 0 Å². The molecule has 1 aromatic heterocycles. The van der Waals surface area contributed by atoms with Crippen molar-refractivity contribution in [3.05, 3.63) is 47.8 Å². The summed E-state index contributed by atoms with van der Waals surface area (Å²) in [5, 5.41) is 4.03. The van der Waals surface area contributed by atoms with Gasteiger partial charge in [-0.2, -0.15) is 5.10 Å². The molecule has 0 bridgehead atoms. The molecule has 1 aromatic carbocycles. The highest BCUT2D eigenvalue weighted by Gasteiger charge is 2.35. The van der Waals surface area contributed by atoms with Gasteiger partial charge in [-0.1, -0.05) is 13.0 Å². The van der Waals surface area contributed by atoms with Crippen molar-refractivity contribution in [2.45, 2.75) is 13.3 Å². The number of benzene rings is 1. The third-order valence-electron chi connectivity index (χ3n) is 4.31. The number of hydrogen-bond acceptors (Lipinski definition) is 3. The van der Waals surface area contributed by atoms with E-state index in [1.54, 1.807) is 4.90 Å². The Bertz CT molecular complexity index is 731. The first-order valence-electron chi connectivity index (χ1n) is 7.43. The van der Waals surface area contributed by atoms with E-state index in [0.717, 1.165) is 23.2 Å². The van der Waals surface area contributed by atoms with E-state index in [9.17, 15) is 13.6 Å². The van der Waals surface area contributed by atoms with E-state index in [-0.39, 0.29) is 35.1 Å². The van der Waals surface area contributed by atoms with Gasteiger partial charge in [-0.25, -0.2) is 13.5 Å². The van der Waals surface area contributed by atoms with Crippen LogP contribution in [0.25, 0.3) is 5.69 Å². The zero-order chi connectivity index (χ0) is 16.6. The molecule has 24 heavy (non-hydrogen) atoms. The molecule has 1 amide bonds. The van der Waals surface area contributed by atoms with Crippen LogP contribution in [0.4, 0.5) is 8.78 Å². The summed E-state index contributed by atoms with van der Waals surface area (Å²) in [5.74, 6) is -1.72. The Morgan fingerprint density at radius 1 is 1.33 bits per heavy atom. The SMILES string of the molecule is CC1(CN)CCN(C(=O)c2ccn(-c3c(F)cccc3F)n2)C1.Cl. The molecule has 0 saturated carbocycles. The zero-order valence-electron chi connectivity index (χ0n) is 13.2. The molecule has 2 N–H and O–H groups in total. The second-order valence-electron chi connectivity index (χ2n) is 6.21. The molecular formula is C16H19ClF2N4O. The van der Waals surface area contributed by atoms with E-state index in [4.69, 9.17) is 5.73 Å². The minimum Gasteiger partial charge on any atom is -0.337 e. The van der Waals surface area contributed by atoms with E-state index in [0.29, 0.717) is 19.6 Å². The lowest BCUT2D eigenvalue weighted by atomic mass is 9.90. The Morgan fingerprint density at radius 2 is 2.00 bits per heavy atom. The number of halogens is 3. The number of hydrogen-bond donors (Lipinski definition) is 1. The second kappa shape index (κ2) is 6.86. The second-order valence-corrected chi connectivity index (χ2v) is 6.21. The third-order valence-corrected chi connectivity index (χ3v) is 4.31. The smallest absolute Gasteiger partial charge is 0.274 e. The van der Waals surface area contributed by atoms with Crippen LogP contribution in [-0.2, 0) is 0 Å². The molecule has 1 saturated heterocycles. The number of carbonyl (C=O) groups excluding carboxylic acids is 1. The van der Waals surface area contributed by atoms with Crippen LogP contribution in [0.15, 0.2) is 30.5 Å². The lowest BCUT2D eigenvalue weighted by Crippen LogP contribution is -2.34. The predicted octanol–water partition coefficient (Wildman–Crippen LogP) is 2.38. The summed E-state index contributed by atoms with van der Waals surface area (Å²) in [6, 6.07) is 5.04. The largest absolute Gasteiger partial charge is 0.337 e. The predicted molar refractivity (Wildman–Crippen MR) is 88.4 cm³/mol. The molecule has 0 aliphatic carbocycles. The van der Waals surface area contributed by atoms with Gasteiger partial charge in [0.05, 0.1) is 0 Å². The quantitative estimate of drug-likeness (QED) is 0.918. The summed E-state index contributed by atoms with van der Waals surface area (Å²) < 4.78 is 28.6. The highest BCUT2D eigenvalue weighted by molar-refractivity contribution is 5.92. The van der Waals surface area contributed by atoms with Crippen LogP contribution >= 0.6 is 12.4 Å². The summed E-state index contributed by atoms with van der Waals surface area (Å²) in [6.45, 7) is 3.70. The molecular weight excluding hydrogens is 338 g/mol. The number of rotatable bonds is 3. The molecule has 1 aliphatic heterocycles. The summed E-state index contributed by atoms with van der Waals surface area (Å²) in [7, 11) is 0. The standard InChI is InChI=1S/C16H18F2N4O.ClH/c1-16(9-19)6-8-21(10-16)15(23)13-5-7-22(20-13)14-11(17)3-2-4-12(14)18;/h2-5,7H,6,8-10,19H2,1H3;1H. The summed E-state index contributed by atoms with van der Waals surface area (Å²) in [6.07, 6.45) is 2.21. The Labute approximate surface area is 144 Å². The molecule has 130 valence electrons. The molecule has 2 heterocycles. The Morgan fingerprint density at radius 3 is 2.58 bits per heavy atom. The van der Waals surface area contributed by atoms with E-state index in [1.165, 1.54) is 18.3 Å². The highest BCUT2D eigenvalue weighted by atomic mass is 35.5. The average molecular weight is 357 g/mol. The topological polar surface area (TPSA) is 64.2 Å². The zero-order valence-corrected chi connectivity index (χ0v) is 14.0. The maximum absolute atomic E-state index is 13.8. The number of para-hydroxylation sites is 1. The van der Waals surface area contributed by atoms with Crippen LogP contribution in [0.2, 0.25) is 0 Å². The van der Waals surface area contributed by atoms with Crippen molar-refractivity contribution in [3.63, 3.8) is 0 Å². The minimum absolute atomic E-state index is 0. The molecule has 3 rings (SSSR count). The van der Waals surface area contributed by atoms with Crippen molar-refractivity contribution in [2.24, 2.45) is 11.1 Å². The fraction of sp³-hybridized carbons (Fsp3) is 0.375. The molecule has 2 aromatic rings. The Kier molecular flexibility index (Phi) is 5.25. The van der Waals surface area contributed by atoms with E-state index in [2.05, 4.69) is 5.10 Å². The number of aromatic nitrogens is 2. The fourth-order valence-corrected chi connectivity index (χ4v) is 2.80. The fourth-order valence-electron chi connectivity index (χ4n) is 2.80. The van der Waals surface area contributed by atoms with Gasteiger partial charge in [-0.05, 0) is 36.6 Å².